The van der Waals surface area contributed by atoms with Gasteiger partial charge in [0.05, 0.1) is 7.11 Å². The van der Waals surface area contributed by atoms with E-state index in [0.717, 1.165) is 76.9 Å². The van der Waals surface area contributed by atoms with Gasteiger partial charge in [-0.1, -0.05) is 6.92 Å². The summed E-state index contributed by atoms with van der Waals surface area (Å²) in [6.07, 6.45) is 2.63. The Hall–Kier alpha value is -1.75. The number of ether oxygens (including phenoxy) is 1. The summed E-state index contributed by atoms with van der Waals surface area (Å²) >= 11 is 0. The van der Waals surface area contributed by atoms with Crippen molar-refractivity contribution in [3.05, 3.63) is 24.3 Å². The minimum Gasteiger partial charge on any atom is -0.497 e. The van der Waals surface area contributed by atoms with Crippen LogP contribution in [0.2, 0.25) is 0 Å². The fourth-order valence-electron chi connectivity index (χ4n) is 4.25. The fraction of sp³-hybridized carbons (Fsp3) is 0.652. The van der Waals surface area contributed by atoms with E-state index >= 15 is 0 Å². The summed E-state index contributed by atoms with van der Waals surface area (Å²) in [6, 6.07) is 8.61. The molecular weight excluding hydrogens is 519 g/mol. The van der Waals surface area contributed by atoms with Crippen LogP contribution < -0.4 is 20.3 Å². The highest BCUT2D eigenvalue weighted by Crippen LogP contribution is 2.20. The molecule has 180 valence electrons. The van der Waals surface area contributed by atoms with Crippen molar-refractivity contribution in [2.75, 3.05) is 71.4 Å². The summed E-state index contributed by atoms with van der Waals surface area (Å²) in [6.45, 7) is 9.78. The SMILES string of the molecule is CCC(=O)N1CCC(NC(=NC)NCCCN2CCN(c3ccc(OC)cc3)CC2)C1.I. The molecule has 2 aliphatic heterocycles. The molecular formula is C23H39IN6O2. The number of likely N-dealkylation sites (tertiary alicyclic amines) is 1. The summed E-state index contributed by atoms with van der Waals surface area (Å²) in [5.74, 6) is 1.97. The van der Waals surface area contributed by atoms with Crippen LogP contribution in [0.4, 0.5) is 5.69 Å². The van der Waals surface area contributed by atoms with Crippen molar-refractivity contribution in [1.82, 2.24) is 20.4 Å². The predicted molar refractivity (Wildman–Crippen MR) is 141 cm³/mol. The van der Waals surface area contributed by atoms with E-state index in [2.05, 4.69) is 37.6 Å². The zero-order valence-electron chi connectivity index (χ0n) is 19.7. The Balaban J connectivity index is 0.00000363. The maximum Gasteiger partial charge on any atom is 0.222 e. The second kappa shape index (κ2) is 13.7. The van der Waals surface area contributed by atoms with Crippen LogP contribution in [-0.2, 0) is 4.79 Å². The molecule has 1 atom stereocenters. The third-order valence-corrected chi connectivity index (χ3v) is 6.16. The number of nitrogens with zero attached hydrogens (tertiary/aromatic N) is 4. The Kier molecular flexibility index (Phi) is 11.4. The third-order valence-electron chi connectivity index (χ3n) is 6.16. The number of methoxy groups -OCH3 is 1. The second-order valence-corrected chi connectivity index (χ2v) is 8.20. The van der Waals surface area contributed by atoms with Gasteiger partial charge in [0.1, 0.15) is 5.75 Å². The van der Waals surface area contributed by atoms with Crippen molar-refractivity contribution in [3.63, 3.8) is 0 Å². The number of anilines is 1. The molecule has 0 spiro atoms. The Morgan fingerprint density at radius 1 is 1.16 bits per heavy atom. The average Bonchev–Trinajstić information content (AvgIpc) is 3.29. The van der Waals surface area contributed by atoms with Gasteiger partial charge < -0.3 is 25.2 Å². The normalized spacial score (nSPS) is 19.5. The predicted octanol–water partition coefficient (Wildman–Crippen LogP) is 2.00. The number of benzene rings is 1. The molecule has 0 radical (unpaired) electrons. The average molecular weight is 559 g/mol. The third kappa shape index (κ3) is 7.68. The summed E-state index contributed by atoms with van der Waals surface area (Å²) in [5.41, 5.74) is 1.27. The number of piperazine rings is 1. The van der Waals surface area contributed by atoms with Gasteiger partial charge in [-0.25, -0.2) is 0 Å². The molecule has 8 nitrogen and oxygen atoms in total. The second-order valence-electron chi connectivity index (χ2n) is 8.20. The number of rotatable bonds is 8. The standard InChI is InChI=1S/C23H38N6O2.HI/c1-4-22(30)29-13-10-19(18-29)26-23(24-2)25-11-5-12-27-14-16-28(17-15-27)20-6-8-21(31-3)9-7-20;/h6-9,19H,4-5,10-18H2,1-3H3,(H2,24,25,26);1H. The Morgan fingerprint density at radius 3 is 2.50 bits per heavy atom. The van der Waals surface area contributed by atoms with E-state index < -0.39 is 0 Å². The van der Waals surface area contributed by atoms with Crippen LogP contribution in [0.25, 0.3) is 0 Å². The van der Waals surface area contributed by atoms with Crippen LogP contribution >= 0.6 is 24.0 Å². The summed E-state index contributed by atoms with van der Waals surface area (Å²) < 4.78 is 5.25. The first-order valence-electron chi connectivity index (χ1n) is 11.5. The molecule has 0 saturated carbocycles. The molecule has 9 heteroatoms. The number of guanidine groups is 1. The van der Waals surface area contributed by atoms with Crippen LogP contribution in [-0.4, -0.2) is 94.2 Å². The molecule has 1 aromatic rings. The number of halogens is 1. The number of aliphatic imine (C=N–C) groups is 1. The number of nitrogens with one attached hydrogen (secondary N) is 2. The van der Waals surface area contributed by atoms with Gasteiger partial charge in [0.25, 0.3) is 0 Å². The minimum absolute atomic E-state index is 0. The molecule has 1 aromatic carbocycles. The van der Waals surface area contributed by atoms with Crippen molar-refractivity contribution in [3.8, 4) is 5.75 Å². The molecule has 2 saturated heterocycles. The van der Waals surface area contributed by atoms with E-state index in [1.165, 1.54) is 5.69 Å². The summed E-state index contributed by atoms with van der Waals surface area (Å²) in [4.78, 5) is 23.1. The highest BCUT2D eigenvalue weighted by atomic mass is 127. The lowest BCUT2D eigenvalue weighted by molar-refractivity contribution is -0.129. The van der Waals surface area contributed by atoms with Gasteiger partial charge in [-0.2, -0.15) is 0 Å². The van der Waals surface area contributed by atoms with Crippen molar-refractivity contribution >= 4 is 41.5 Å². The van der Waals surface area contributed by atoms with Crippen LogP contribution in [0.15, 0.2) is 29.3 Å². The molecule has 2 aliphatic rings. The lowest BCUT2D eigenvalue weighted by atomic mass is 10.2. The van der Waals surface area contributed by atoms with Gasteiger partial charge in [0.2, 0.25) is 5.91 Å². The first-order chi connectivity index (χ1) is 15.1. The molecule has 1 unspecified atom stereocenters. The highest BCUT2D eigenvalue weighted by Gasteiger charge is 2.25. The van der Waals surface area contributed by atoms with Gasteiger partial charge in [-0.3, -0.25) is 14.7 Å². The fourth-order valence-corrected chi connectivity index (χ4v) is 4.25. The molecule has 1 amide bonds. The van der Waals surface area contributed by atoms with Crippen LogP contribution in [0.3, 0.4) is 0 Å². The van der Waals surface area contributed by atoms with Crippen molar-refractivity contribution in [1.29, 1.82) is 0 Å². The molecule has 2 fully saturated rings. The van der Waals surface area contributed by atoms with Crippen LogP contribution in [0, 0.1) is 0 Å². The van der Waals surface area contributed by atoms with E-state index in [1.54, 1.807) is 14.2 Å². The zero-order chi connectivity index (χ0) is 22.1. The highest BCUT2D eigenvalue weighted by molar-refractivity contribution is 14.0. The smallest absolute Gasteiger partial charge is 0.222 e. The molecule has 0 aromatic heterocycles. The lowest BCUT2D eigenvalue weighted by Gasteiger charge is -2.36. The van der Waals surface area contributed by atoms with Crippen LogP contribution in [0.1, 0.15) is 26.2 Å². The monoisotopic (exact) mass is 558 g/mol. The molecule has 2 heterocycles. The van der Waals surface area contributed by atoms with Crippen molar-refractivity contribution < 1.29 is 9.53 Å². The maximum atomic E-state index is 11.8. The molecule has 3 rings (SSSR count). The quantitative estimate of drug-likeness (QED) is 0.220. The van der Waals surface area contributed by atoms with Crippen molar-refractivity contribution in [2.24, 2.45) is 4.99 Å². The van der Waals surface area contributed by atoms with Crippen LogP contribution in [0.5, 0.6) is 5.75 Å². The maximum absolute atomic E-state index is 11.8. The number of carbonyl (C=O) groups excluding carboxylic acids is 1. The van der Waals surface area contributed by atoms with E-state index in [1.807, 2.05) is 24.0 Å². The molecule has 0 aliphatic carbocycles. The number of amides is 1. The minimum atomic E-state index is 0. The largest absolute Gasteiger partial charge is 0.497 e. The number of hydrogen-bond acceptors (Lipinski definition) is 5. The summed E-state index contributed by atoms with van der Waals surface area (Å²) in [5, 5.41) is 6.89. The molecule has 32 heavy (non-hydrogen) atoms. The van der Waals surface area contributed by atoms with E-state index in [0.29, 0.717) is 6.42 Å². The van der Waals surface area contributed by atoms with Crippen molar-refractivity contribution in [2.45, 2.75) is 32.2 Å². The topological polar surface area (TPSA) is 72.4 Å². The Bertz CT molecular complexity index is 722. The van der Waals surface area contributed by atoms with Gasteiger partial charge in [-0.05, 0) is 43.7 Å². The van der Waals surface area contributed by atoms with E-state index in [-0.39, 0.29) is 35.9 Å². The molecule has 2 N–H and O–H groups in total. The Morgan fingerprint density at radius 2 is 1.88 bits per heavy atom. The van der Waals surface area contributed by atoms with Gasteiger partial charge >= 0.3 is 0 Å². The van der Waals surface area contributed by atoms with Gasteiger partial charge in [0.15, 0.2) is 5.96 Å². The number of carbonyl (C=O) groups is 1. The zero-order valence-corrected chi connectivity index (χ0v) is 22.0. The number of hydrogen-bond donors (Lipinski definition) is 2. The molecule has 0 bridgehead atoms. The van der Waals surface area contributed by atoms with Gasteiger partial charge in [0, 0.05) is 71.0 Å². The summed E-state index contributed by atoms with van der Waals surface area (Å²) in [7, 11) is 3.50. The van der Waals surface area contributed by atoms with Gasteiger partial charge in [-0.15, -0.1) is 24.0 Å². The van der Waals surface area contributed by atoms with E-state index in [4.69, 9.17) is 4.74 Å². The first kappa shape index (κ1) is 26.5. The first-order valence-corrected chi connectivity index (χ1v) is 11.5. The Labute approximate surface area is 209 Å². The lowest BCUT2D eigenvalue weighted by Crippen LogP contribution is -2.48. The van der Waals surface area contributed by atoms with E-state index in [9.17, 15) is 4.79 Å².